The molecule has 0 spiro atoms. The number of hydrogen-bond acceptors (Lipinski definition) is 7. The highest BCUT2D eigenvalue weighted by molar-refractivity contribution is 6.45. The summed E-state index contributed by atoms with van der Waals surface area (Å²) in [5, 5.41) is 29.8. The summed E-state index contributed by atoms with van der Waals surface area (Å²) < 4.78 is 5.07. The Bertz CT molecular complexity index is 657. The monoisotopic (exact) mass is 440 g/mol. The van der Waals surface area contributed by atoms with E-state index < -0.39 is 49.0 Å². The highest BCUT2D eigenvalue weighted by Gasteiger charge is 2.35. The lowest BCUT2D eigenvalue weighted by Crippen LogP contribution is -2.59. The van der Waals surface area contributed by atoms with Crippen molar-refractivity contribution < 1.29 is 34.0 Å². The molecule has 0 aromatic carbocycles. The van der Waals surface area contributed by atoms with Crippen LogP contribution in [0.2, 0.25) is 0 Å². The van der Waals surface area contributed by atoms with Crippen molar-refractivity contribution in [2.75, 3.05) is 13.2 Å². The van der Waals surface area contributed by atoms with E-state index >= 15 is 0 Å². The third-order valence-electron chi connectivity index (χ3n) is 5.64. The molecule has 4 atom stereocenters. The standard InChI is InChI=1S/C19H33BN4O7/c1-11(25)16(24-19(29)17(22-12(2)26)13-6-3-4-7-13)18(28)21-10-15(27)23-14-8-5-9-31-20(14)30/h11,13-14,16-17,25,30H,3-10H2,1-2H3,(H,21,28)(H,22,26)(H,23,27)(H,24,29)/t11?,14-,16-,17-/m0/s1. The molecule has 0 radical (unpaired) electrons. The van der Waals surface area contributed by atoms with Crippen molar-refractivity contribution in [3.05, 3.63) is 0 Å². The average Bonchev–Trinajstić information content (AvgIpc) is 3.24. The summed E-state index contributed by atoms with van der Waals surface area (Å²) in [5.41, 5.74) is 0. The third-order valence-corrected chi connectivity index (χ3v) is 5.64. The minimum Gasteiger partial charge on any atom is -0.426 e. The highest BCUT2D eigenvalue weighted by atomic mass is 16.5. The Kier molecular flexibility index (Phi) is 9.72. The number of carbonyl (C=O) groups is 4. The molecule has 1 aliphatic heterocycles. The number of aliphatic hydroxyl groups is 1. The second-order valence-corrected chi connectivity index (χ2v) is 8.24. The van der Waals surface area contributed by atoms with E-state index in [0.717, 1.165) is 25.7 Å². The van der Waals surface area contributed by atoms with E-state index in [-0.39, 0.29) is 18.4 Å². The van der Waals surface area contributed by atoms with Crippen molar-refractivity contribution >= 4 is 30.7 Å². The molecule has 1 saturated heterocycles. The van der Waals surface area contributed by atoms with Crippen LogP contribution in [0.5, 0.6) is 0 Å². The summed E-state index contributed by atoms with van der Waals surface area (Å²) in [4.78, 5) is 48.9. The second-order valence-electron chi connectivity index (χ2n) is 8.24. The highest BCUT2D eigenvalue weighted by Crippen LogP contribution is 2.28. The van der Waals surface area contributed by atoms with E-state index in [1.165, 1.54) is 13.8 Å². The van der Waals surface area contributed by atoms with Crippen molar-refractivity contribution in [2.45, 2.75) is 76.5 Å². The van der Waals surface area contributed by atoms with Crippen LogP contribution < -0.4 is 21.3 Å². The molecule has 1 aliphatic carbocycles. The van der Waals surface area contributed by atoms with E-state index in [0.29, 0.717) is 19.4 Å². The predicted octanol–water partition coefficient (Wildman–Crippen LogP) is -2.02. The molecule has 11 nitrogen and oxygen atoms in total. The Morgan fingerprint density at radius 3 is 2.32 bits per heavy atom. The Hall–Kier alpha value is -2.18. The van der Waals surface area contributed by atoms with Crippen LogP contribution in [0.4, 0.5) is 0 Å². The molecule has 2 fully saturated rings. The van der Waals surface area contributed by atoms with Crippen molar-refractivity contribution in [3.8, 4) is 0 Å². The topological polar surface area (TPSA) is 166 Å². The molecule has 12 heteroatoms. The summed E-state index contributed by atoms with van der Waals surface area (Å²) in [7, 11) is -1.10. The molecule has 0 bridgehead atoms. The Morgan fingerprint density at radius 1 is 1.06 bits per heavy atom. The fourth-order valence-corrected chi connectivity index (χ4v) is 4.00. The number of aliphatic hydroxyl groups excluding tert-OH is 1. The lowest BCUT2D eigenvalue weighted by atomic mass is 9.74. The largest absolute Gasteiger partial charge is 0.478 e. The second kappa shape index (κ2) is 12.0. The fourth-order valence-electron chi connectivity index (χ4n) is 4.00. The van der Waals surface area contributed by atoms with Gasteiger partial charge in [0.25, 0.3) is 0 Å². The molecule has 0 aromatic heterocycles. The average molecular weight is 440 g/mol. The summed E-state index contributed by atoms with van der Waals surface area (Å²) in [6.07, 6.45) is 3.54. The number of carbonyl (C=O) groups excluding carboxylic acids is 4. The maximum atomic E-state index is 12.8. The predicted molar refractivity (Wildman–Crippen MR) is 111 cm³/mol. The molecule has 2 rings (SSSR count). The number of nitrogens with one attached hydrogen (secondary N) is 4. The lowest BCUT2D eigenvalue weighted by molar-refractivity contribution is -0.135. The van der Waals surface area contributed by atoms with Crippen LogP contribution in [-0.2, 0) is 23.8 Å². The first-order valence-electron chi connectivity index (χ1n) is 10.8. The molecule has 2 aliphatic rings. The minimum absolute atomic E-state index is 0.0310. The third kappa shape index (κ3) is 7.78. The van der Waals surface area contributed by atoms with Crippen molar-refractivity contribution in [1.29, 1.82) is 0 Å². The van der Waals surface area contributed by atoms with Gasteiger partial charge < -0.3 is 36.1 Å². The molecule has 31 heavy (non-hydrogen) atoms. The van der Waals surface area contributed by atoms with Gasteiger partial charge in [-0.05, 0) is 38.5 Å². The van der Waals surface area contributed by atoms with E-state index in [4.69, 9.17) is 4.65 Å². The number of amides is 4. The van der Waals surface area contributed by atoms with Crippen LogP contribution >= 0.6 is 0 Å². The first-order chi connectivity index (χ1) is 14.7. The van der Waals surface area contributed by atoms with Gasteiger partial charge in [0.1, 0.15) is 12.1 Å². The van der Waals surface area contributed by atoms with Gasteiger partial charge >= 0.3 is 7.12 Å². The number of rotatable bonds is 9. The summed E-state index contributed by atoms with van der Waals surface area (Å²) in [6, 6.07) is -2.08. The van der Waals surface area contributed by atoms with Gasteiger partial charge in [0, 0.05) is 13.5 Å². The van der Waals surface area contributed by atoms with Crippen molar-refractivity contribution in [2.24, 2.45) is 5.92 Å². The van der Waals surface area contributed by atoms with E-state index in [2.05, 4.69) is 21.3 Å². The van der Waals surface area contributed by atoms with E-state index in [9.17, 15) is 29.3 Å². The zero-order valence-electron chi connectivity index (χ0n) is 18.1. The van der Waals surface area contributed by atoms with Gasteiger partial charge in [0.2, 0.25) is 23.6 Å². The first kappa shape index (κ1) is 25.1. The lowest BCUT2D eigenvalue weighted by Gasteiger charge is -2.27. The van der Waals surface area contributed by atoms with Gasteiger partial charge in [-0.25, -0.2) is 0 Å². The zero-order valence-corrected chi connectivity index (χ0v) is 18.1. The molecule has 4 amide bonds. The Labute approximate surface area is 182 Å². The summed E-state index contributed by atoms with van der Waals surface area (Å²) >= 11 is 0. The molecule has 0 aromatic rings. The summed E-state index contributed by atoms with van der Waals surface area (Å²) in [5.74, 6) is -2.75. The minimum atomic E-state index is -1.29. The van der Waals surface area contributed by atoms with Gasteiger partial charge in [-0.3, -0.25) is 19.2 Å². The van der Waals surface area contributed by atoms with Crippen LogP contribution in [0, 0.1) is 5.92 Å². The molecular weight excluding hydrogens is 407 g/mol. The Morgan fingerprint density at radius 2 is 1.74 bits per heavy atom. The van der Waals surface area contributed by atoms with E-state index in [1.54, 1.807) is 0 Å². The maximum absolute atomic E-state index is 12.8. The summed E-state index contributed by atoms with van der Waals surface area (Å²) in [6.45, 7) is 2.70. The quantitative estimate of drug-likeness (QED) is 0.225. The van der Waals surface area contributed by atoms with Crippen LogP contribution in [0.25, 0.3) is 0 Å². The smallest absolute Gasteiger partial charge is 0.426 e. The zero-order chi connectivity index (χ0) is 23.0. The SMILES string of the molecule is CC(=O)N[C@H](C(=O)N[C@H](C(=O)NCC(=O)N[C@H]1CCCOB1O)C(C)O)C1CCCC1. The van der Waals surface area contributed by atoms with Gasteiger partial charge in [0.05, 0.1) is 18.6 Å². The Balaban J connectivity index is 1.90. The maximum Gasteiger partial charge on any atom is 0.478 e. The normalized spacial score (nSPS) is 22.2. The van der Waals surface area contributed by atoms with Crippen LogP contribution in [0.3, 0.4) is 0 Å². The molecule has 174 valence electrons. The van der Waals surface area contributed by atoms with Gasteiger partial charge in [-0.15, -0.1) is 0 Å². The van der Waals surface area contributed by atoms with Gasteiger partial charge in [-0.2, -0.15) is 0 Å². The molecule has 1 heterocycles. The molecular formula is C19H33BN4O7. The fraction of sp³-hybridized carbons (Fsp3) is 0.789. The van der Waals surface area contributed by atoms with Crippen LogP contribution in [0.15, 0.2) is 0 Å². The van der Waals surface area contributed by atoms with E-state index in [1.807, 2.05) is 0 Å². The van der Waals surface area contributed by atoms with Crippen molar-refractivity contribution in [1.82, 2.24) is 21.3 Å². The van der Waals surface area contributed by atoms with Crippen LogP contribution in [-0.4, -0.2) is 78.2 Å². The number of hydrogen-bond donors (Lipinski definition) is 6. The van der Waals surface area contributed by atoms with Gasteiger partial charge in [0.15, 0.2) is 0 Å². The molecule has 1 saturated carbocycles. The molecule has 6 N–H and O–H groups in total. The van der Waals surface area contributed by atoms with Crippen LogP contribution in [0.1, 0.15) is 52.4 Å². The van der Waals surface area contributed by atoms with Crippen molar-refractivity contribution in [3.63, 3.8) is 0 Å². The van der Waals surface area contributed by atoms with Gasteiger partial charge in [-0.1, -0.05) is 12.8 Å². The first-order valence-corrected chi connectivity index (χ1v) is 10.8. The molecule has 1 unspecified atom stereocenters.